The predicted octanol–water partition coefficient (Wildman–Crippen LogP) is 5.92. The average Bonchev–Trinajstić information content (AvgIpc) is 2.96. The second-order valence-electron chi connectivity index (χ2n) is 9.52. The van der Waals surface area contributed by atoms with Crippen molar-refractivity contribution in [3.8, 4) is 5.75 Å². The zero-order valence-electron chi connectivity index (χ0n) is 23.5. The van der Waals surface area contributed by atoms with Crippen LogP contribution in [0.2, 0.25) is 10.0 Å². The maximum atomic E-state index is 14.0. The number of hydrogen-bond donors (Lipinski definition) is 1. The summed E-state index contributed by atoms with van der Waals surface area (Å²) < 4.78 is 34.2. The van der Waals surface area contributed by atoms with Crippen molar-refractivity contribution in [2.24, 2.45) is 0 Å². The lowest BCUT2D eigenvalue weighted by Crippen LogP contribution is -2.52. The molecule has 0 aliphatic heterocycles. The molecule has 3 rings (SSSR count). The molecule has 2 atom stereocenters. The van der Waals surface area contributed by atoms with Crippen LogP contribution in [0.4, 0.5) is 5.69 Å². The number of carbonyl (C=O) groups excluding carboxylic acids is 2. The minimum absolute atomic E-state index is 0.00726. The molecule has 11 heteroatoms. The van der Waals surface area contributed by atoms with Gasteiger partial charge in [-0.25, -0.2) is 8.42 Å². The lowest BCUT2D eigenvalue weighted by molar-refractivity contribution is -0.139. The number of rotatable bonds is 13. The summed E-state index contributed by atoms with van der Waals surface area (Å²) in [6.45, 7) is 7.18. The van der Waals surface area contributed by atoms with Crippen LogP contribution in [-0.2, 0) is 26.2 Å². The Morgan fingerprint density at radius 2 is 1.59 bits per heavy atom. The highest BCUT2D eigenvalue weighted by atomic mass is 35.5. The molecule has 0 aliphatic carbocycles. The normalized spacial score (nSPS) is 12.7. The molecular formula is C30H35Cl2N3O5S. The molecule has 0 fully saturated rings. The van der Waals surface area contributed by atoms with Gasteiger partial charge in [-0.3, -0.25) is 13.9 Å². The van der Waals surface area contributed by atoms with E-state index < -0.39 is 28.5 Å². The van der Waals surface area contributed by atoms with Crippen LogP contribution in [0, 0.1) is 0 Å². The Morgan fingerprint density at radius 3 is 2.17 bits per heavy atom. The van der Waals surface area contributed by atoms with Crippen molar-refractivity contribution in [1.82, 2.24) is 10.2 Å². The molecule has 3 aromatic rings. The van der Waals surface area contributed by atoms with E-state index in [1.807, 2.05) is 20.8 Å². The van der Waals surface area contributed by atoms with Crippen LogP contribution in [0.3, 0.4) is 0 Å². The van der Waals surface area contributed by atoms with Crippen molar-refractivity contribution in [3.63, 3.8) is 0 Å². The standard InChI is InChI=1S/C30H35Cl2N3O5S/c1-5-21(3)33-30(37)22(4)34(19-23-12-17-27(31)28(32)18-23)29(36)20-35(24-13-15-25(16-14-24)40-6-2)41(38,39)26-10-8-7-9-11-26/h7-18,21-22H,5-6,19-20H2,1-4H3,(H,33,37)/t21-,22+/m0/s1. The third-order valence-electron chi connectivity index (χ3n) is 6.55. The van der Waals surface area contributed by atoms with Gasteiger partial charge in [0.05, 0.1) is 27.2 Å². The van der Waals surface area contributed by atoms with Crippen LogP contribution in [0.25, 0.3) is 0 Å². The Labute approximate surface area is 252 Å². The number of anilines is 1. The average molecular weight is 621 g/mol. The third kappa shape index (κ3) is 8.38. The Balaban J connectivity index is 2.03. The minimum Gasteiger partial charge on any atom is -0.494 e. The summed E-state index contributed by atoms with van der Waals surface area (Å²) >= 11 is 12.3. The van der Waals surface area contributed by atoms with Gasteiger partial charge in [-0.1, -0.05) is 54.4 Å². The molecule has 8 nitrogen and oxygen atoms in total. The highest BCUT2D eigenvalue weighted by Crippen LogP contribution is 2.27. The molecule has 0 unspecified atom stereocenters. The Hall–Kier alpha value is -3.27. The molecule has 0 saturated carbocycles. The summed E-state index contributed by atoms with van der Waals surface area (Å²) in [5.41, 5.74) is 0.909. The van der Waals surface area contributed by atoms with Crippen LogP contribution < -0.4 is 14.4 Å². The fourth-order valence-electron chi connectivity index (χ4n) is 4.01. The molecule has 0 aromatic heterocycles. The van der Waals surface area contributed by atoms with E-state index >= 15 is 0 Å². The van der Waals surface area contributed by atoms with Crippen molar-refractivity contribution in [1.29, 1.82) is 0 Å². The van der Waals surface area contributed by atoms with Gasteiger partial charge in [-0.2, -0.15) is 0 Å². The largest absolute Gasteiger partial charge is 0.494 e. The summed E-state index contributed by atoms with van der Waals surface area (Å²) in [4.78, 5) is 28.5. The van der Waals surface area contributed by atoms with Crippen molar-refractivity contribution in [2.75, 3.05) is 17.5 Å². The van der Waals surface area contributed by atoms with E-state index in [2.05, 4.69) is 5.32 Å². The number of carbonyl (C=O) groups is 2. The molecule has 1 N–H and O–H groups in total. The fourth-order valence-corrected chi connectivity index (χ4v) is 5.76. The molecule has 0 heterocycles. The van der Waals surface area contributed by atoms with Crippen LogP contribution in [0.1, 0.15) is 39.7 Å². The number of ether oxygens (including phenoxy) is 1. The molecule has 0 radical (unpaired) electrons. The zero-order chi connectivity index (χ0) is 30.2. The fraction of sp³-hybridized carbons (Fsp3) is 0.333. The molecule has 0 saturated heterocycles. The first kappa shape index (κ1) is 32.2. The van der Waals surface area contributed by atoms with Gasteiger partial charge < -0.3 is 15.0 Å². The number of hydrogen-bond acceptors (Lipinski definition) is 5. The van der Waals surface area contributed by atoms with Crippen LogP contribution >= 0.6 is 23.2 Å². The van der Waals surface area contributed by atoms with Gasteiger partial charge in [0.1, 0.15) is 18.3 Å². The summed E-state index contributed by atoms with van der Waals surface area (Å²) in [6.07, 6.45) is 0.708. The van der Waals surface area contributed by atoms with E-state index in [0.717, 1.165) is 4.31 Å². The lowest BCUT2D eigenvalue weighted by Gasteiger charge is -2.32. The quantitative estimate of drug-likeness (QED) is 0.256. The van der Waals surface area contributed by atoms with E-state index in [1.54, 1.807) is 67.6 Å². The second kappa shape index (κ2) is 14.6. The number of halogens is 2. The minimum atomic E-state index is -4.16. The van der Waals surface area contributed by atoms with Crippen LogP contribution in [-0.4, -0.2) is 50.4 Å². The number of sulfonamides is 1. The second-order valence-corrected chi connectivity index (χ2v) is 12.2. The van der Waals surface area contributed by atoms with Gasteiger partial charge >= 0.3 is 0 Å². The molecule has 3 aromatic carbocycles. The smallest absolute Gasteiger partial charge is 0.264 e. The zero-order valence-corrected chi connectivity index (χ0v) is 25.8. The number of benzene rings is 3. The monoisotopic (exact) mass is 619 g/mol. The Kier molecular flexibility index (Phi) is 11.5. The molecule has 220 valence electrons. The molecule has 0 bridgehead atoms. The van der Waals surface area contributed by atoms with Crippen molar-refractivity contribution in [2.45, 2.75) is 57.6 Å². The molecule has 0 aliphatic rings. The number of amides is 2. The molecule has 41 heavy (non-hydrogen) atoms. The topological polar surface area (TPSA) is 96.0 Å². The molecule has 0 spiro atoms. The first-order valence-corrected chi connectivity index (χ1v) is 15.5. The first-order chi connectivity index (χ1) is 19.5. The van der Waals surface area contributed by atoms with Crippen molar-refractivity contribution < 1.29 is 22.7 Å². The van der Waals surface area contributed by atoms with Crippen LogP contribution in [0.15, 0.2) is 77.7 Å². The van der Waals surface area contributed by atoms with Crippen molar-refractivity contribution >= 4 is 50.7 Å². The summed E-state index contributed by atoms with van der Waals surface area (Å²) in [7, 11) is -4.16. The van der Waals surface area contributed by atoms with Gasteiger partial charge in [0.25, 0.3) is 10.0 Å². The van der Waals surface area contributed by atoms with E-state index in [0.29, 0.717) is 34.4 Å². The summed E-state index contributed by atoms with van der Waals surface area (Å²) in [5.74, 6) is -0.362. The van der Waals surface area contributed by atoms with Gasteiger partial charge in [0.2, 0.25) is 11.8 Å². The van der Waals surface area contributed by atoms with Crippen molar-refractivity contribution in [3.05, 3.63) is 88.4 Å². The van der Waals surface area contributed by atoms with E-state index in [4.69, 9.17) is 27.9 Å². The number of nitrogens with one attached hydrogen (secondary N) is 1. The van der Waals surface area contributed by atoms with E-state index in [9.17, 15) is 18.0 Å². The maximum Gasteiger partial charge on any atom is 0.264 e. The van der Waals surface area contributed by atoms with Gasteiger partial charge in [0, 0.05) is 12.6 Å². The highest BCUT2D eigenvalue weighted by molar-refractivity contribution is 7.92. The number of nitrogens with zero attached hydrogens (tertiary/aromatic N) is 2. The highest BCUT2D eigenvalue weighted by Gasteiger charge is 2.32. The molecule has 2 amide bonds. The Morgan fingerprint density at radius 1 is 0.927 bits per heavy atom. The van der Waals surface area contributed by atoms with Gasteiger partial charge in [-0.15, -0.1) is 0 Å². The van der Waals surface area contributed by atoms with E-state index in [1.165, 1.54) is 17.0 Å². The maximum absolute atomic E-state index is 14.0. The summed E-state index contributed by atoms with van der Waals surface area (Å²) in [6, 6.07) is 18.3. The third-order valence-corrected chi connectivity index (χ3v) is 9.08. The first-order valence-electron chi connectivity index (χ1n) is 13.3. The predicted molar refractivity (Wildman–Crippen MR) is 163 cm³/mol. The van der Waals surface area contributed by atoms with E-state index in [-0.39, 0.29) is 29.1 Å². The SMILES string of the molecule is CCOc1ccc(N(CC(=O)N(Cc2ccc(Cl)c(Cl)c2)[C@H](C)C(=O)N[C@@H](C)CC)S(=O)(=O)c2ccccc2)cc1. The van der Waals surface area contributed by atoms with Gasteiger partial charge in [0.15, 0.2) is 0 Å². The van der Waals surface area contributed by atoms with Crippen LogP contribution in [0.5, 0.6) is 5.75 Å². The lowest BCUT2D eigenvalue weighted by atomic mass is 10.1. The molecular weight excluding hydrogens is 585 g/mol. The Bertz CT molecular complexity index is 1440. The van der Waals surface area contributed by atoms with Gasteiger partial charge in [-0.05, 0) is 81.3 Å². The summed E-state index contributed by atoms with van der Waals surface area (Å²) in [5, 5.41) is 3.56.